The third kappa shape index (κ3) is 6.90. The molecule has 0 saturated heterocycles. The van der Waals surface area contributed by atoms with Gasteiger partial charge in [-0.25, -0.2) is 4.79 Å². The molecule has 0 aromatic heterocycles. The highest BCUT2D eigenvalue weighted by Gasteiger charge is 2.36. The van der Waals surface area contributed by atoms with Crippen LogP contribution >= 0.6 is 0 Å². The fourth-order valence-electron chi connectivity index (χ4n) is 1.86. The van der Waals surface area contributed by atoms with E-state index < -0.39 is 30.5 Å². The first kappa shape index (κ1) is 20.6. The van der Waals surface area contributed by atoms with Crippen molar-refractivity contribution in [2.24, 2.45) is 5.92 Å². The molecule has 0 bridgehead atoms. The summed E-state index contributed by atoms with van der Waals surface area (Å²) in [6, 6.07) is 1.96. The molecule has 1 aromatic rings. The number of halogens is 3. The standard InChI is InChI=1S/C16H20F3NO5/c1-9(2)8-25-12-5-4-10(6-13(12)24-3)14(21)20-11(15(22)23)7-16(17,18)19/h4-6,9,11H,7-8H2,1-3H3,(H,20,21)(H,22,23). The molecule has 0 aliphatic rings. The fraction of sp³-hybridized carbons (Fsp3) is 0.500. The average Bonchev–Trinajstić information content (AvgIpc) is 2.50. The minimum Gasteiger partial charge on any atom is -0.493 e. The Kier molecular flexibility index (Phi) is 7.08. The van der Waals surface area contributed by atoms with Crippen molar-refractivity contribution in [3.05, 3.63) is 23.8 Å². The number of benzene rings is 1. The van der Waals surface area contributed by atoms with E-state index >= 15 is 0 Å². The Morgan fingerprint density at radius 3 is 2.36 bits per heavy atom. The van der Waals surface area contributed by atoms with E-state index in [-0.39, 0.29) is 17.2 Å². The number of carbonyl (C=O) groups is 2. The normalized spacial score (nSPS) is 12.6. The van der Waals surface area contributed by atoms with Crippen LogP contribution < -0.4 is 14.8 Å². The van der Waals surface area contributed by atoms with Gasteiger partial charge in [-0.2, -0.15) is 13.2 Å². The van der Waals surface area contributed by atoms with Crippen molar-refractivity contribution >= 4 is 11.9 Å². The van der Waals surface area contributed by atoms with Gasteiger partial charge in [0.2, 0.25) is 0 Å². The van der Waals surface area contributed by atoms with Crippen LogP contribution in [0.4, 0.5) is 13.2 Å². The second-order valence-corrected chi connectivity index (χ2v) is 5.75. The molecule has 0 aliphatic carbocycles. The van der Waals surface area contributed by atoms with Crippen molar-refractivity contribution in [3.63, 3.8) is 0 Å². The van der Waals surface area contributed by atoms with E-state index in [2.05, 4.69) is 0 Å². The number of hydrogen-bond donors (Lipinski definition) is 2. The molecule has 140 valence electrons. The van der Waals surface area contributed by atoms with Gasteiger partial charge in [0, 0.05) is 5.56 Å². The predicted octanol–water partition coefficient (Wildman–Crippen LogP) is 2.87. The van der Waals surface area contributed by atoms with Gasteiger partial charge in [-0.15, -0.1) is 0 Å². The van der Waals surface area contributed by atoms with Crippen LogP contribution in [0, 0.1) is 5.92 Å². The van der Waals surface area contributed by atoms with Crippen molar-refractivity contribution in [1.29, 1.82) is 0 Å². The number of hydrogen-bond acceptors (Lipinski definition) is 4. The number of amides is 1. The van der Waals surface area contributed by atoms with Crippen LogP contribution in [0.2, 0.25) is 0 Å². The van der Waals surface area contributed by atoms with E-state index in [0.717, 1.165) is 0 Å². The highest BCUT2D eigenvalue weighted by Crippen LogP contribution is 2.29. The van der Waals surface area contributed by atoms with Gasteiger partial charge in [0.05, 0.1) is 20.1 Å². The maximum Gasteiger partial charge on any atom is 0.391 e. The summed E-state index contributed by atoms with van der Waals surface area (Å²) in [6.07, 6.45) is -6.39. The Morgan fingerprint density at radius 1 is 1.24 bits per heavy atom. The molecule has 25 heavy (non-hydrogen) atoms. The number of nitrogens with one attached hydrogen (secondary N) is 1. The van der Waals surface area contributed by atoms with E-state index in [9.17, 15) is 22.8 Å². The molecule has 0 radical (unpaired) electrons. The number of ether oxygens (including phenoxy) is 2. The van der Waals surface area contributed by atoms with Crippen molar-refractivity contribution < 1.29 is 37.3 Å². The number of alkyl halides is 3. The summed E-state index contributed by atoms with van der Waals surface area (Å²) < 4.78 is 47.8. The maximum atomic E-state index is 12.4. The molecular weight excluding hydrogens is 343 g/mol. The first-order valence-corrected chi connectivity index (χ1v) is 7.44. The molecule has 0 aliphatic heterocycles. The number of rotatable bonds is 8. The van der Waals surface area contributed by atoms with Gasteiger partial charge in [0.1, 0.15) is 6.04 Å². The lowest BCUT2D eigenvalue weighted by Gasteiger charge is -2.17. The molecule has 1 atom stereocenters. The van der Waals surface area contributed by atoms with Gasteiger partial charge in [-0.3, -0.25) is 4.79 Å². The van der Waals surface area contributed by atoms with Gasteiger partial charge >= 0.3 is 12.1 Å². The Labute approximate surface area is 142 Å². The lowest BCUT2D eigenvalue weighted by Crippen LogP contribution is -2.43. The van der Waals surface area contributed by atoms with Gasteiger partial charge in [-0.05, 0) is 24.1 Å². The molecule has 1 unspecified atom stereocenters. The Bertz CT molecular complexity index is 616. The van der Waals surface area contributed by atoms with Gasteiger partial charge in [0.15, 0.2) is 11.5 Å². The van der Waals surface area contributed by atoms with E-state index in [1.807, 2.05) is 19.2 Å². The molecule has 0 saturated carbocycles. The summed E-state index contributed by atoms with van der Waals surface area (Å²) in [6.45, 7) is 4.30. The summed E-state index contributed by atoms with van der Waals surface area (Å²) in [7, 11) is 1.35. The summed E-state index contributed by atoms with van der Waals surface area (Å²) in [5.74, 6) is -1.87. The highest BCUT2D eigenvalue weighted by atomic mass is 19.4. The molecule has 1 amide bonds. The number of aliphatic carboxylic acids is 1. The summed E-state index contributed by atoms with van der Waals surface area (Å²) in [5.41, 5.74) is -0.0397. The summed E-state index contributed by atoms with van der Waals surface area (Å²) >= 11 is 0. The van der Waals surface area contributed by atoms with Gasteiger partial charge in [-0.1, -0.05) is 13.8 Å². The monoisotopic (exact) mass is 363 g/mol. The predicted molar refractivity (Wildman–Crippen MR) is 82.9 cm³/mol. The minimum atomic E-state index is -4.72. The zero-order valence-corrected chi connectivity index (χ0v) is 14.0. The van der Waals surface area contributed by atoms with Crippen molar-refractivity contribution in [3.8, 4) is 11.5 Å². The third-order valence-corrected chi connectivity index (χ3v) is 3.04. The van der Waals surface area contributed by atoms with Crippen LogP contribution in [0.5, 0.6) is 11.5 Å². The van der Waals surface area contributed by atoms with Crippen LogP contribution in [0.1, 0.15) is 30.6 Å². The molecule has 0 spiro atoms. The molecule has 1 aromatic carbocycles. The smallest absolute Gasteiger partial charge is 0.391 e. The third-order valence-electron chi connectivity index (χ3n) is 3.04. The zero-order chi connectivity index (χ0) is 19.2. The topological polar surface area (TPSA) is 84.9 Å². The zero-order valence-electron chi connectivity index (χ0n) is 14.0. The van der Waals surface area contributed by atoms with Crippen LogP contribution in [-0.2, 0) is 4.79 Å². The van der Waals surface area contributed by atoms with E-state index in [0.29, 0.717) is 12.4 Å². The Morgan fingerprint density at radius 2 is 1.88 bits per heavy atom. The highest BCUT2D eigenvalue weighted by molar-refractivity contribution is 5.97. The van der Waals surface area contributed by atoms with Crippen molar-refractivity contribution in [2.75, 3.05) is 13.7 Å². The molecular formula is C16H20F3NO5. The van der Waals surface area contributed by atoms with Crippen LogP contribution in [-0.4, -0.2) is 42.9 Å². The lowest BCUT2D eigenvalue weighted by atomic mass is 10.1. The van der Waals surface area contributed by atoms with Crippen LogP contribution in [0.25, 0.3) is 0 Å². The quantitative estimate of drug-likeness (QED) is 0.742. The minimum absolute atomic E-state index is 0.0397. The SMILES string of the molecule is COc1cc(C(=O)NC(CC(F)(F)F)C(=O)O)ccc1OCC(C)C. The number of carbonyl (C=O) groups excluding carboxylic acids is 1. The molecule has 0 heterocycles. The van der Waals surface area contributed by atoms with Crippen LogP contribution in [0.15, 0.2) is 18.2 Å². The molecule has 0 fully saturated rings. The second kappa shape index (κ2) is 8.59. The van der Waals surface area contributed by atoms with Crippen molar-refractivity contribution in [1.82, 2.24) is 5.32 Å². The fourth-order valence-corrected chi connectivity index (χ4v) is 1.86. The van der Waals surface area contributed by atoms with Crippen LogP contribution in [0.3, 0.4) is 0 Å². The Hall–Kier alpha value is -2.45. The van der Waals surface area contributed by atoms with E-state index in [4.69, 9.17) is 14.6 Å². The lowest BCUT2D eigenvalue weighted by molar-refractivity contribution is -0.157. The Balaban J connectivity index is 2.91. The summed E-state index contributed by atoms with van der Waals surface area (Å²) in [5, 5.41) is 10.7. The van der Waals surface area contributed by atoms with Gasteiger partial charge in [0.25, 0.3) is 5.91 Å². The molecule has 1 rings (SSSR count). The van der Waals surface area contributed by atoms with Crippen molar-refractivity contribution in [2.45, 2.75) is 32.5 Å². The molecule has 2 N–H and O–H groups in total. The number of methoxy groups -OCH3 is 1. The maximum absolute atomic E-state index is 12.4. The first-order chi connectivity index (χ1) is 11.5. The second-order valence-electron chi connectivity index (χ2n) is 5.75. The molecule has 6 nitrogen and oxygen atoms in total. The van der Waals surface area contributed by atoms with E-state index in [1.165, 1.54) is 25.3 Å². The van der Waals surface area contributed by atoms with Gasteiger partial charge < -0.3 is 19.9 Å². The average molecular weight is 363 g/mol. The summed E-state index contributed by atoms with van der Waals surface area (Å²) in [4.78, 5) is 23.0. The first-order valence-electron chi connectivity index (χ1n) is 7.44. The number of carboxylic acids is 1. The molecule has 9 heteroatoms. The number of carboxylic acid groups (broad SMARTS) is 1. The van der Waals surface area contributed by atoms with E-state index in [1.54, 1.807) is 0 Å². The largest absolute Gasteiger partial charge is 0.493 e.